The van der Waals surface area contributed by atoms with Crippen molar-refractivity contribution in [1.29, 1.82) is 0 Å². The molecule has 1 aromatic rings. The van der Waals surface area contributed by atoms with Crippen LogP contribution in [0.4, 0.5) is 5.69 Å². The third-order valence-electron chi connectivity index (χ3n) is 3.60. The molecule has 0 saturated heterocycles. The summed E-state index contributed by atoms with van der Waals surface area (Å²) in [4.78, 5) is 5.43. The molecule has 0 radical (unpaired) electrons. The molecule has 1 aromatic carbocycles. The van der Waals surface area contributed by atoms with E-state index in [0.29, 0.717) is 31.1 Å². The Morgan fingerprint density at radius 1 is 1.13 bits per heavy atom. The fourth-order valence-electron chi connectivity index (χ4n) is 2.62. The Bertz CT molecular complexity index is 683. The molecule has 0 amide bonds. The predicted molar refractivity (Wildman–Crippen MR) is 92.3 cm³/mol. The molecule has 0 aromatic heterocycles. The summed E-state index contributed by atoms with van der Waals surface area (Å²) in [5, 5.41) is 0. The number of anilines is 1. The lowest BCUT2D eigenvalue weighted by Gasteiger charge is -2.22. The van der Waals surface area contributed by atoms with Crippen molar-refractivity contribution in [3.05, 3.63) is 53.0 Å². The van der Waals surface area contributed by atoms with Crippen molar-refractivity contribution >= 4 is 17.0 Å². The van der Waals surface area contributed by atoms with Crippen LogP contribution in [0.25, 0.3) is 11.1 Å². The molecule has 5 heteroatoms. The first-order valence-corrected chi connectivity index (χ1v) is 7.80. The van der Waals surface area contributed by atoms with Crippen LogP contribution in [0.15, 0.2) is 41.9 Å². The molecular weight excluding hydrogens is 290 g/mol. The van der Waals surface area contributed by atoms with Gasteiger partial charge in [-0.1, -0.05) is 18.2 Å². The molecule has 0 atom stereocenters. The van der Waals surface area contributed by atoms with E-state index < -0.39 is 0 Å². The number of para-hydroxylation sites is 1. The fourth-order valence-corrected chi connectivity index (χ4v) is 2.62. The van der Waals surface area contributed by atoms with Gasteiger partial charge >= 0.3 is 5.71 Å². The van der Waals surface area contributed by atoms with E-state index in [9.17, 15) is 5.53 Å². The first kappa shape index (κ1) is 16.8. The Labute approximate surface area is 137 Å². The molecule has 0 unspecified atom stereocenters. The number of benzene rings is 1. The van der Waals surface area contributed by atoms with Gasteiger partial charge in [0.2, 0.25) is 5.76 Å². The summed E-state index contributed by atoms with van der Waals surface area (Å²) in [5.41, 5.74) is 12.9. The van der Waals surface area contributed by atoms with Gasteiger partial charge in [0.15, 0.2) is 0 Å². The molecule has 0 bridgehead atoms. The van der Waals surface area contributed by atoms with E-state index in [1.807, 2.05) is 46.2 Å². The molecule has 122 valence electrons. The van der Waals surface area contributed by atoms with Crippen LogP contribution in [0.1, 0.15) is 25.8 Å². The third kappa shape index (κ3) is 3.63. The van der Waals surface area contributed by atoms with Gasteiger partial charge in [-0.3, -0.25) is 0 Å². The number of ether oxygens (including phenoxy) is 2. The maximum absolute atomic E-state index is 9.25. The second-order valence-electron chi connectivity index (χ2n) is 5.35. The highest BCUT2D eigenvalue weighted by atomic mass is 16.5. The normalized spacial score (nSPS) is 14.3. The van der Waals surface area contributed by atoms with Crippen molar-refractivity contribution in [3.8, 4) is 0 Å². The predicted octanol–water partition coefficient (Wildman–Crippen LogP) is 3.50. The maximum atomic E-state index is 9.25. The number of rotatable bonds is 6. The second-order valence-corrected chi connectivity index (χ2v) is 5.35. The van der Waals surface area contributed by atoms with Gasteiger partial charge in [0.05, 0.1) is 13.2 Å². The van der Waals surface area contributed by atoms with E-state index in [0.717, 1.165) is 22.6 Å². The molecule has 0 N–H and O–H groups in total. The van der Waals surface area contributed by atoms with Gasteiger partial charge in [0.1, 0.15) is 12.2 Å². The maximum Gasteiger partial charge on any atom is 0.340 e. The highest BCUT2D eigenvalue weighted by Gasteiger charge is 2.29. The molecule has 0 fully saturated rings. The first-order valence-electron chi connectivity index (χ1n) is 7.80. The van der Waals surface area contributed by atoms with Gasteiger partial charge in [-0.25, -0.2) is 0 Å². The highest BCUT2D eigenvalue weighted by Crippen LogP contribution is 2.35. The van der Waals surface area contributed by atoms with Gasteiger partial charge in [-0.15, -0.1) is 0 Å². The van der Waals surface area contributed by atoms with Crippen LogP contribution >= 0.6 is 0 Å². The Balaban J connectivity index is 2.62. The van der Waals surface area contributed by atoms with E-state index in [2.05, 4.69) is 21.8 Å². The largest absolute Gasteiger partial charge is 0.497 e. The van der Waals surface area contributed by atoms with E-state index in [1.54, 1.807) is 0 Å². The molecule has 5 nitrogen and oxygen atoms in total. The number of hydrogen-bond acceptors (Lipinski definition) is 3. The zero-order valence-corrected chi connectivity index (χ0v) is 14.2. The molecular formula is C18H23N3O2. The van der Waals surface area contributed by atoms with Crippen LogP contribution < -0.4 is 4.90 Å². The van der Waals surface area contributed by atoms with E-state index in [-0.39, 0.29) is 0 Å². The minimum atomic E-state index is 0.410. The van der Waals surface area contributed by atoms with Crippen LogP contribution in [-0.4, -0.2) is 37.8 Å². The molecule has 1 aliphatic carbocycles. The van der Waals surface area contributed by atoms with E-state index in [4.69, 9.17) is 9.47 Å². The minimum absolute atomic E-state index is 0.410. The molecule has 2 rings (SSSR count). The SMILES string of the molecule is CCOC1=CC(c2ccccc2N(C)C)=C(OCC)CC1=[N+]=[N-]. The van der Waals surface area contributed by atoms with Crippen molar-refractivity contribution in [2.45, 2.75) is 20.3 Å². The zero-order valence-electron chi connectivity index (χ0n) is 14.2. The molecule has 1 aliphatic rings. The van der Waals surface area contributed by atoms with Crippen LogP contribution in [0.2, 0.25) is 0 Å². The van der Waals surface area contributed by atoms with Gasteiger partial charge in [0, 0.05) is 30.9 Å². The summed E-state index contributed by atoms with van der Waals surface area (Å²) in [7, 11) is 4.02. The molecule has 0 heterocycles. The number of hydrogen-bond donors (Lipinski definition) is 0. The standard InChI is InChI=1S/C18H23N3O2/c1-5-22-17-12-15(20-19)18(23-6-2)11-14(17)13-9-7-8-10-16(13)21(3)4/h7-11H,5-6,12H2,1-4H3. The van der Waals surface area contributed by atoms with Crippen LogP contribution in [0, 0.1) is 0 Å². The molecule has 23 heavy (non-hydrogen) atoms. The zero-order chi connectivity index (χ0) is 16.8. The molecule has 0 aliphatic heterocycles. The quantitative estimate of drug-likeness (QED) is 0.596. The summed E-state index contributed by atoms with van der Waals surface area (Å²) in [6, 6.07) is 8.14. The summed E-state index contributed by atoms with van der Waals surface area (Å²) in [6.45, 7) is 4.92. The Kier molecular flexibility index (Phi) is 5.61. The average molecular weight is 313 g/mol. The van der Waals surface area contributed by atoms with Crippen LogP contribution in [-0.2, 0) is 9.47 Å². The number of nitrogens with zero attached hydrogens (tertiary/aromatic N) is 3. The van der Waals surface area contributed by atoms with E-state index in [1.165, 1.54) is 0 Å². The Morgan fingerprint density at radius 3 is 2.43 bits per heavy atom. The fraction of sp³-hybridized carbons (Fsp3) is 0.389. The van der Waals surface area contributed by atoms with E-state index >= 15 is 0 Å². The van der Waals surface area contributed by atoms with Gasteiger partial charge in [-0.05, 0) is 26.0 Å². The molecule has 0 spiro atoms. The van der Waals surface area contributed by atoms with Crippen LogP contribution in [0.5, 0.6) is 0 Å². The highest BCUT2D eigenvalue weighted by molar-refractivity contribution is 6.03. The van der Waals surface area contributed by atoms with Gasteiger partial charge < -0.3 is 19.9 Å². The lowest BCUT2D eigenvalue weighted by molar-refractivity contribution is -0.0132. The van der Waals surface area contributed by atoms with Crippen molar-refractivity contribution in [1.82, 2.24) is 0 Å². The van der Waals surface area contributed by atoms with Crippen molar-refractivity contribution in [3.63, 3.8) is 0 Å². The lowest BCUT2D eigenvalue weighted by atomic mass is 9.94. The van der Waals surface area contributed by atoms with Gasteiger partial charge in [-0.2, -0.15) is 4.79 Å². The Morgan fingerprint density at radius 2 is 1.83 bits per heavy atom. The lowest BCUT2D eigenvalue weighted by Crippen LogP contribution is -2.17. The molecule has 0 saturated carbocycles. The average Bonchev–Trinajstić information content (AvgIpc) is 2.56. The van der Waals surface area contributed by atoms with Crippen LogP contribution in [0.3, 0.4) is 0 Å². The third-order valence-corrected chi connectivity index (χ3v) is 3.60. The number of allylic oxidation sites excluding steroid dienone is 4. The minimum Gasteiger partial charge on any atom is -0.497 e. The summed E-state index contributed by atoms with van der Waals surface area (Å²) < 4.78 is 11.4. The second kappa shape index (κ2) is 7.65. The summed E-state index contributed by atoms with van der Waals surface area (Å²) in [6.07, 6.45) is 2.31. The van der Waals surface area contributed by atoms with Gasteiger partial charge in [0.25, 0.3) is 0 Å². The smallest absolute Gasteiger partial charge is 0.340 e. The van der Waals surface area contributed by atoms with Crippen molar-refractivity contribution in [2.75, 3.05) is 32.2 Å². The summed E-state index contributed by atoms with van der Waals surface area (Å²) >= 11 is 0. The first-order chi connectivity index (χ1) is 11.1. The Hall–Kier alpha value is -2.52. The van der Waals surface area contributed by atoms with Crippen molar-refractivity contribution in [2.24, 2.45) is 0 Å². The summed E-state index contributed by atoms with van der Waals surface area (Å²) in [5.74, 6) is 1.38. The van der Waals surface area contributed by atoms with Crippen molar-refractivity contribution < 1.29 is 14.3 Å². The topological polar surface area (TPSA) is 58.1 Å². The monoisotopic (exact) mass is 313 g/mol.